The summed E-state index contributed by atoms with van der Waals surface area (Å²) in [5.41, 5.74) is 2.33. The largest absolute Gasteiger partial charge is 0.378 e. The van der Waals surface area contributed by atoms with Gasteiger partial charge in [-0.1, -0.05) is 17.7 Å². The van der Waals surface area contributed by atoms with Gasteiger partial charge in [-0.15, -0.1) is 0 Å². The smallest absolute Gasteiger partial charge is 0.255 e. The van der Waals surface area contributed by atoms with Gasteiger partial charge in [-0.05, 0) is 50.9 Å². The van der Waals surface area contributed by atoms with Crippen LogP contribution < -0.4 is 10.5 Å². The number of benzene rings is 1. The first-order valence-electron chi connectivity index (χ1n) is 10.7. The summed E-state index contributed by atoms with van der Waals surface area (Å²) in [6.45, 7) is 4.98. The second-order valence-corrected chi connectivity index (χ2v) is 8.98. The third-order valence-electron chi connectivity index (χ3n) is 6.93. The van der Waals surface area contributed by atoms with E-state index in [0.29, 0.717) is 36.3 Å². The number of rotatable bonds is 3. The standard InChI is InChI=1S/C22H26ClFN4O2/c23-17-2-1-3-18(24)16(17)14-27-8-6-22(7-9-27)5-4-15-19(22)25-21(26-20(15)29)28-10-12-30-13-11-28/h1-3H,4-14H2,(H,25,26,29). The summed E-state index contributed by atoms with van der Waals surface area (Å²) in [6, 6.07) is 4.84. The van der Waals surface area contributed by atoms with Crippen molar-refractivity contribution in [2.75, 3.05) is 44.3 Å². The van der Waals surface area contributed by atoms with Crippen molar-refractivity contribution in [2.45, 2.75) is 37.6 Å². The number of H-pyrrole nitrogens is 1. The van der Waals surface area contributed by atoms with Crippen LogP contribution in [0, 0.1) is 5.82 Å². The van der Waals surface area contributed by atoms with E-state index in [4.69, 9.17) is 21.3 Å². The van der Waals surface area contributed by atoms with Gasteiger partial charge in [-0.2, -0.15) is 0 Å². The zero-order valence-electron chi connectivity index (χ0n) is 16.9. The number of aromatic amines is 1. The van der Waals surface area contributed by atoms with E-state index in [9.17, 15) is 9.18 Å². The fraction of sp³-hybridized carbons (Fsp3) is 0.545. The van der Waals surface area contributed by atoms with Crippen molar-refractivity contribution < 1.29 is 9.13 Å². The molecule has 1 aromatic carbocycles. The molecule has 2 aliphatic heterocycles. The van der Waals surface area contributed by atoms with Crippen LogP contribution in [-0.4, -0.2) is 54.3 Å². The molecule has 0 bridgehead atoms. The number of morpholine rings is 1. The number of hydrogen-bond donors (Lipinski definition) is 1. The summed E-state index contributed by atoms with van der Waals surface area (Å²) in [5.74, 6) is 0.418. The number of hydrogen-bond acceptors (Lipinski definition) is 5. The Labute approximate surface area is 180 Å². The van der Waals surface area contributed by atoms with Gasteiger partial charge >= 0.3 is 0 Å². The van der Waals surface area contributed by atoms with Crippen LogP contribution in [0.15, 0.2) is 23.0 Å². The van der Waals surface area contributed by atoms with Crippen LogP contribution in [0.2, 0.25) is 5.02 Å². The maximum atomic E-state index is 14.2. The molecule has 3 heterocycles. The van der Waals surface area contributed by atoms with Crippen LogP contribution in [-0.2, 0) is 23.1 Å². The Kier molecular flexibility index (Phi) is 5.29. The number of likely N-dealkylation sites (tertiary alicyclic amines) is 1. The first-order valence-corrected chi connectivity index (χ1v) is 11.1. The van der Waals surface area contributed by atoms with Crippen molar-refractivity contribution in [3.8, 4) is 0 Å². The molecule has 3 aliphatic rings. The molecular weight excluding hydrogens is 407 g/mol. The van der Waals surface area contributed by atoms with Crippen molar-refractivity contribution >= 4 is 17.5 Å². The lowest BCUT2D eigenvalue weighted by Gasteiger charge is -2.39. The van der Waals surface area contributed by atoms with Gasteiger partial charge in [0.25, 0.3) is 5.56 Å². The summed E-state index contributed by atoms with van der Waals surface area (Å²) >= 11 is 6.22. The van der Waals surface area contributed by atoms with Gasteiger partial charge in [0.15, 0.2) is 0 Å². The number of fused-ring (bicyclic) bond motifs is 2. The Morgan fingerprint density at radius 3 is 2.67 bits per heavy atom. The Hall–Kier alpha value is -1.96. The second kappa shape index (κ2) is 7.94. The molecule has 30 heavy (non-hydrogen) atoms. The van der Waals surface area contributed by atoms with Crippen LogP contribution in [0.4, 0.5) is 10.3 Å². The van der Waals surface area contributed by atoms with Gasteiger partial charge < -0.3 is 9.64 Å². The van der Waals surface area contributed by atoms with Crippen LogP contribution in [0.3, 0.4) is 0 Å². The maximum Gasteiger partial charge on any atom is 0.255 e. The van der Waals surface area contributed by atoms with E-state index in [1.54, 1.807) is 12.1 Å². The minimum Gasteiger partial charge on any atom is -0.378 e. The lowest BCUT2D eigenvalue weighted by molar-refractivity contribution is 0.122. The van der Waals surface area contributed by atoms with Crippen molar-refractivity contribution in [1.82, 2.24) is 14.9 Å². The molecule has 0 atom stereocenters. The van der Waals surface area contributed by atoms with Gasteiger partial charge in [0.2, 0.25) is 5.95 Å². The van der Waals surface area contributed by atoms with Crippen molar-refractivity contribution in [1.29, 1.82) is 0 Å². The fourth-order valence-electron chi connectivity index (χ4n) is 5.10. The Balaban J connectivity index is 1.36. The van der Waals surface area contributed by atoms with E-state index in [2.05, 4.69) is 14.8 Å². The summed E-state index contributed by atoms with van der Waals surface area (Å²) in [4.78, 5) is 25.1. The predicted molar refractivity (Wildman–Crippen MR) is 114 cm³/mol. The molecule has 1 aliphatic carbocycles. The molecule has 8 heteroatoms. The average Bonchev–Trinajstić information content (AvgIpc) is 3.12. The molecule has 2 fully saturated rings. The molecule has 5 rings (SSSR count). The van der Waals surface area contributed by atoms with Gasteiger partial charge in [0.05, 0.1) is 18.9 Å². The Morgan fingerprint density at radius 2 is 1.93 bits per heavy atom. The number of aromatic nitrogens is 2. The van der Waals surface area contributed by atoms with Crippen molar-refractivity contribution in [2.24, 2.45) is 0 Å². The van der Waals surface area contributed by atoms with E-state index in [-0.39, 0.29) is 16.8 Å². The maximum absolute atomic E-state index is 14.2. The Bertz CT molecular complexity index is 977. The molecule has 0 amide bonds. The molecule has 1 N–H and O–H groups in total. The predicted octanol–water partition coefficient (Wildman–Crippen LogP) is 2.88. The van der Waals surface area contributed by atoms with Crippen LogP contribution in [0.5, 0.6) is 0 Å². The molecule has 2 saturated heterocycles. The lowest BCUT2D eigenvalue weighted by atomic mass is 9.76. The SMILES string of the molecule is O=c1[nH]c(N2CCOCC2)nc2c1CCC21CCN(Cc2c(F)cccc2Cl)CC1. The van der Waals surface area contributed by atoms with Crippen LogP contribution >= 0.6 is 11.6 Å². The highest BCUT2D eigenvalue weighted by Crippen LogP contribution is 2.45. The summed E-state index contributed by atoms with van der Waals surface area (Å²) < 4.78 is 19.6. The van der Waals surface area contributed by atoms with Crippen LogP contribution in [0.1, 0.15) is 36.1 Å². The monoisotopic (exact) mass is 432 g/mol. The van der Waals surface area contributed by atoms with Crippen molar-refractivity contribution in [3.63, 3.8) is 0 Å². The third kappa shape index (κ3) is 3.53. The zero-order chi connectivity index (χ0) is 20.7. The van der Waals surface area contributed by atoms with E-state index < -0.39 is 0 Å². The van der Waals surface area contributed by atoms with E-state index in [1.165, 1.54) is 6.07 Å². The Morgan fingerprint density at radius 1 is 1.17 bits per heavy atom. The number of nitrogens with zero attached hydrogens (tertiary/aromatic N) is 3. The number of piperidine rings is 1. The topological polar surface area (TPSA) is 61.5 Å². The first kappa shape index (κ1) is 20.0. The highest BCUT2D eigenvalue weighted by atomic mass is 35.5. The molecule has 1 aromatic heterocycles. The van der Waals surface area contributed by atoms with Gasteiger partial charge in [0, 0.05) is 41.2 Å². The van der Waals surface area contributed by atoms with E-state index >= 15 is 0 Å². The number of anilines is 1. The van der Waals surface area contributed by atoms with Gasteiger partial charge in [0.1, 0.15) is 5.82 Å². The first-order chi connectivity index (χ1) is 14.6. The summed E-state index contributed by atoms with van der Waals surface area (Å²) in [6.07, 6.45) is 3.58. The van der Waals surface area contributed by atoms with Gasteiger partial charge in [-0.25, -0.2) is 9.37 Å². The minimum absolute atomic E-state index is 0.000986. The molecule has 6 nitrogen and oxygen atoms in total. The van der Waals surface area contributed by atoms with Gasteiger partial charge in [-0.3, -0.25) is 14.7 Å². The molecular formula is C22H26ClFN4O2. The fourth-order valence-corrected chi connectivity index (χ4v) is 5.32. The van der Waals surface area contributed by atoms with E-state index in [1.807, 2.05) is 0 Å². The second-order valence-electron chi connectivity index (χ2n) is 8.57. The lowest BCUT2D eigenvalue weighted by Crippen LogP contribution is -2.43. The minimum atomic E-state index is -0.252. The number of halogens is 2. The van der Waals surface area contributed by atoms with E-state index in [0.717, 1.165) is 63.1 Å². The molecule has 0 radical (unpaired) electrons. The molecule has 1 spiro atoms. The molecule has 0 saturated carbocycles. The third-order valence-corrected chi connectivity index (χ3v) is 7.28. The quantitative estimate of drug-likeness (QED) is 0.808. The highest BCUT2D eigenvalue weighted by Gasteiger charge is 2.44. The normalized spacial score (nSPS) is 21.2. The molecule has 0 unspecified atom stereocenters. The van der Waals surface area contributed by atoms with Crippen LogP contribution in [0.25, 0.3) is 0 Å². The highest BCUT2D eigenvalue weighted by molar-refractivity contribution is 6.31. The zero-order valence-corrected chi connectivity index (χ0v) is 17.7. The molecule has 160 valence electrons. The number of nitrogens with one attached hydrogen (secondary N) is 1. The van der Waals surface area contributed by atoms with Crippen molar-refractivity contribution in [3.05, 3.63) is 56.2 Å². The average molecular weight is 433 g/mol. The molecule has 2 aromatic rings. The summed E-state index contributed by atoms with van der Waals surface area (Å²) in [5, 5.41) is 0.477. The number of ether oxygens (including phenoxy) is 1. The summed E-state index contributed by atoms with van der Waals surface area (Å²) in [7, 11) is 0.